The number of carboxylic acid groups (broad SMARTS) is 1. The molecule has 2 N–H and O–H groups in total. The van der Waals surface area contributed by atoms with Crippen molar-refractivity contribution in [2.24, 2.45) is 11.8 Å². The predicted molar refractivity (Wildman–Crippen MR) is 111 cm³/mol. The van der Waals surface area contributed by atoms with Gasteiger partial charge in [-0.25, -0.2) is 4.79 Å². The van der Waals surface area contributed by atoms with Crippen molar-refractivity contribution in [3.63, 3.8) is 0 Å². The molecule has 2 saturated carbocycles. The number of hydrogen-bond donors (Lipinski definition) is 2. The smallest absolute Gasteiger partial charge is 0.348 e. The van der Waals surface area contributed by atoms with Gasteiger partial charge in [-0.2, -0.15) is 0 Å². The molecule has 3 rings (SSSR count). The number of aliphatic hydroxyl groups is 1. The monoisotopic (exact) mass is 403 g/mol. The summed E-state index contributed by atoms with van der Waals surface area (Å²) in [4.78, 5) is 28.1. The summed E-state index contributed by atoms with van der Waals surface area (Å²) in [6.07, 6.45) is 6.14. The number of anilines is 1. The van der Waals surface area contributed by atoms with Crippen LogP contribution >= 0.6 is 11.3 Å². The largest absolute Gasteiger partial charge is 0.477 e. The van der Waals surface area contributed by atoms with Crippen molar-refractivity contribution < 1.29 is 19.8 Å². The van der Waals surface area contributed by atoms with Crippen molar-refractivity contribution in [2.75, 3.05) is 4.90 Å². The molecule has 2 aliphatic rings. The fourth-order valence-electron chi connectivity index (χ4n) is 4.41. The third-order valence-corrected chi connectivity index (χ3v) is 7.08. The van der Waals surface area contributed by atoms with E-state index in [1.54, 1.807) is 17.9 Å². The van der Waals surface area contributed by atoms with E-state index in [1.165, 1.54) is 0 Å². The van der Waals surface area contributed by atoms with Crippen LogP contribution in [0.15, 0.2) is 6.07 Å². The Labute approximate surface area is 170 Å². The van der Waals surface area contributed by atoms with Crippen molar-refractivity contribution in [2.45, 2.75) is 77.4 Å². The number of rotatable bonds is 4. The maximum Gasteiger partial charge on any atom is 0.348 e. The van der Waals surface area contributed by atoms with Gasteiger partial charge in [0, 0.05) is 12.0 Å². The van der Waals surface area contributed by atoms with E-state index in [2.05, 4.69) is 18.8 Å². The lowest BCUT2D eigenvalue weighted by molar-refractivity contribution is -0.124. The summed E-state index contributed by atoms with van der Waals surface area (Å²) in [5.74, 6) is 5.38. The fraction of sp³-hybridized carbons (Fsp3) is 0.636. The van der Waals surface area contributed by atoms with Crippen molar-refractivity contribution in [1.82, 2.24) is 0 Å². The van der Waals surface area contributed by atoms with Gasteiger partial charge in [0.25, 0.3) is 0 Å². The quantitative estimate of drug-likeness (QED) is 0.736. The van der Waals surface area contributed by atoms with Gasteiger partial charge in [-0.05, 0) is 70.3 Å². The summed E-state index contributed by atoms with van der Waals surface area (Å²) in [7, 11) is 0. The summed E-state index contributed by atoms with van der Waals surface area (Å²) >= 11 is 1.13. The Hall–Kier alpha value is -1.84. The molecule has 0 radical (unpaired) electrons. The third-order valence-electron chi connectivity index (χ3n) is 6.05. The van der Waals surface area contributed by atoms with E-state index >= 15 is 0 Å². The van der Waals surface area contributed by atoms with Crippen molar-refractivity contribution >= 4 is 28.9 Å². The van der Waals surface area contributed by atoms with Crippen LogP contribution in [0, 0.1) is 23.7 Å². The van der Waals surface area contributed by atoms with Crippen LogP contribution in [0.3, 0.4) is 0 Å². The number of aromatic carboxylic acids is 1. The highest BCUT2D eigenvalue weighted by Crippen LogP contribution is 2.38. The first-order chi connectivity index (χ1) is 13.4. The normalized spacial score (nSPS) is 27.5. The van der Waals surface area contributed by atoms with Crippen LogP contribution in [-0.2, 0) is 4.79 Å². The zero-order valence-electron chi connectivity index (χ0n) is 16.6. The Kier molecular flexibility index (Phi) is 6.79. The molecule has 152 valence electrons. The van der Waals surface area contributed by atoms with Crippen molar-refractivity contribution in [3.8, 4) is 11.8 Å². The highest BCUT2D eigenvalue weighted by molar-refractivity contribution is 7.15. The highest BCUT2D eigenvalue weighted by atomic mass is 32.1. The summed E-state index contributed by atoms with van der Waals surface area (Å²) in [5.41, 5.74) is 0.486. The summed E-state index contributed by atoms with van der Waals surface area (Å²) in [5, 5.41) is 19.6. The molecular formula is C22H29NO4S. The molecular weight excluding hydrogens is 374 g/mol. The van der Waals surface area contributed by atoms with E-state index < -0.39 is 5.97 Å². The molecule has 5 nitrogen and oxygen atoms in total. The summed E-state index contributed by atoms with van der Waals surface area (Å²) in [6.45, 7) is 3.94. The molecule has 0 unspecified atom stereocenters. The molecule has 1 aromatic rings. The van der Waals surface area contributed by atoms with Crippen LogP contribution < -0.4 is 4.90 Å². The van der Waals surface area contributed by atoms with Gasteiger partial charge in [0.05, 0.1) is 16.7 Å². The number of hydrogen-bond acceptors (Lipinski definition) is 4. The topological polar surface area (TPSA) is 77.8 Å². The second kappa shape index (κ2) is 9.11. The van der Waals surface area contributed by atoms with E-state index in [4.69, 9.17) is 0 Å². The number of carbonyl (C=O) groups excluding carboxylic acids is 1. The number of nitrogens with zero attached hydrogens (tertiary/aromatic N) is 1. The molecule has 0 atom stereocenters. The maximum absolute atomic E-state index is 13.6. The minimum absolute atomic E-state index is 0.0459. The lowest BCUT2D eigenvalue weighted by atomic mass is 9.81. The van der Waals surface area contributed by atoms with E-state index in [0.717, 1.165) is 37.0 Å². The first-order valence-electron chi connectivity index (χ1n) is 10.2. The second-order valence-corrected chi connectivity index (χ2v) is 9.18. The standard InChI is InChI=1S/C22H29NO4S/c1-3-4-18-13-19(20(28-18)22(26)27)23(16-9-11-17(24)12-10-16)21(25)15-7-5-14(2)6-8-15/h13-17,24H,5-12H2,1-2H3,(H,26,27)/t14?,15?,16-,17-. The molecule has 2 fully saturated rings. The van der Waals surface area contributed by atoms with Crippen molar-refractivity contribution in [1.29, 1.82) is 0 Å². The van der Waals surface area contributed by atoms with Crippen LogP contribution in [0.1, 0.15) is 79.8 Å². The lowest BCUT2D eigenvalue weighted by Gasteiger charge is -2.38. The summed E-state index contributed by atoms with van der Waals surface area (Å²) in [6, 6.07) is 1.70. The maximum atomic E-state index is 13.6. The van der Waals surface area contributed by atoms with Gasteiger partial charge in [-0.3, -0.25) is 4.79 Å². The Bertz CT molecular complexity index is 774. The molecule has 1 heterocycles. The van der Waals surface area contributed by atoms with Crippen LogP contribution in [0.2, 0.25) is 0 Å². The molecule has 0 aliphatic heterocycles. The Morgan fingerprint density at radius 2 is 1.75 bits per heavy atom. The van der Waals surface area contributed by atoms with E-state index in [9.17, 15) is 19.8 Å². The van der Waals surface area contributed by atoms with Crippen LogP contribution in [-0.4, -0.2) is 34.2 Å². The van der Waals surface area contributed by atoms with Crippen LogP contribution in [0.25, 0.3) is 0 Å². The molecule has 6 heteroatoms. The van der Waals surface area contributed by atoms with Gasteiger partial charge in [0.15, 0.2) is 0 Å². The van der Waals surface area contributed by atoms with Crippen LogP contribution in [0.4, 0.5) is 5.69 Å². The Morgan fingerprint density at radius 3 is 2.32 bits per heavy atom. The second-order valence-electron chi connectivity index (χ2n) is 8.13. The molecule has 1 aromatic heterocycles. The number of carbonyl (C=O) groups is 2. The highest BCUT2D eigenvalue weighted by Gasteiger charge is 2.37. The van der Waals surface area contributed by atoms with Crippen LogP contribution in [0.5, 0.6) is 0 Å². The lowest BCUT2D eigenvalue weighted by Crippen LogP contribution is -2.47. The third kappa shape index (κ3) is 4.59. The summed E-state index contributed by atoms with van der Waals surface area (Å²) < 4.78 is 0. The van der Waals surface area contributed by atoms with Crippen molar-refractivity contribution in [3.05, 3.63) is 15.8 Å². The molecule has 0 saturated heterocycles. The molecule has 0 bridgehead atoms. The predicted octanol–water partition coefficient (Wildman–Crippen LogP) is 4.28. The van der Waals surface area contributed by atoms with Gasteiger partial charge in [0.2, 0.25) is 5.91 Å². The van der Waals surface area contributed by atoms with Gasteiger partial charge < -0.3 is 15.1 Å². The first-order valence-corrected chi connectivity index (χ1v) is 11.0. The van der Waals surface area contributed by atoms with Gasteiger partial charge in [-0.15, -0.1) is 17.3 Å². The average Bonchev–Trinajstić information content (AvgIpc) is 3.08. The number of carboxylic acids is 1. The van der Waals surface area contributed by atoms with E-state index in [0.29, 0.717) is 42.2 Å². The molecule has 0 aromatic carbocycles. The Morgan fingerprint density at radius 1 is 1.11 bits per heavy atom. The fourth-order valence-corrected chi connectivity index (χ4v) is 5.31. The van der Waals surface area contributed by atoms with E-state index in [-0.39, 0.29) is 28.8 Å². The van der Waals surface area contributed by atoms with E-state index in [1.807, 2.05) is 0 Å². The average molecular weight is 404 g/mol. The van der Waals surface area contributed by atoms with Gasteiger partial charge in [-0.1, -0.05) is 12.8 Å². The molecule has 2 aliphatic carbocycles. The molecule has 28 heavy (non-hydrogen) atoms. The van der Waals surface area contributed by atoms with Gasteiger partial charge in [0.1, 0.15) is 4.88 Å². The molecule has 1 amide bonds. The zero-order chi connectivity index (χ0) is 20.3. The van der Waals surface area contributed by atoms with Gasteiger partial charge >= 0.3 is 5.97 Å². The SMILES string of the molecule is CC#Cc1cc(N(C(=O)C2CCC(C)CC2)[C@H]2CC[C@H](O)CC2)c(C(=O)O)s1. The minimum atomic E-state index is -1.02. The zero-order valence-corrected chi connectivity index (χ0v) is 17.4. The Balaban J connectivity index is 1.97. The minimum Gasteiger partial charge on any atom is -0.477 e. The number of amides is 1. The number of aliphatic hydroxyl groups excluding tert-OH is 1. The molecule has 0 spiro atoms. The first kappa shape index (κ1) is 20.9. The number of thiophene rings is 1.